The fourth-order valence-corrected chi connectivity index (χ4v) is 2.72. The van der Waals surface area contributed by atoms with Crippen LogP contribution in [-0.2, 0) is 19.3 Å². The van der Waals surface area contributed by atoms with E-state index in [0.717, 1.165) is 42.0 Å². The van der Waals surface area contributed by atoms with E-state index in [1.807, 2.05) is 13.8 Å². The van der Waals surface area contributed by atoms with Gasteiger partial charge >= 0.3 is 0 Å². The van der Waals surface area contributed by atoms with Crippen LogP contribution in [0.1, 0.15) is 42.0 Å². The number of aryl methyl sites for hydroxylation is 4. The van der Waals surface area contributed by atoms with Crippen molar-refractivity contribution in [3.63, 3.8) is 0 Å². The summed E-state index contributed by atoms with van der Waals surface area (Å²) in [5.41, 5.74) is 11.7. The van der Waals surface area contributed by atoms with Crippen LogP contribution in [0, 0.1) is 13.8 Å². The van der Waals surface area contributed by atoms with Crippen LogP contribution in [0.5, 0.6) is 0 Å². The highest BCUT2D eigenvalue weighted by molar-refractivity contribution is 14.0. The molecule has 0 amide bonds. The van der Waals surface area contributed by atoms with Gasteiger partial charge in [-0.1, -0.05) is 37.2 Å². The largest absolute Gasteiger partial charge is 0.370 e. The Morgan fingerprint density at radius 3 is 2.33 bits per heavy atom. The molecular formula is C18H27IN4O. The highest BCUT2D eigenvalue weighted by atomic mass is 127. The molecule has 0 unspecified atom stereocenters. The molecule has 2 rings (SSSR count). The summed E-state index contributed by atoms with van der Waals surface area (Å²) in [6, 6.07) is 6.34. The number of nitrogens with one attached hydrogen (secondary N) is 1. The summed E-state index contributed by atoms with van der Waals surface area (Å²) in [6.45, 7) is 8.76. The second-order valence-corrected chi connectivity index (χ2v) is 5.60. The molecule has 0 fully saturated rings. The van der Waals surface area contributed by atoms with E-state index < -0.39 is 0 Å². The number of rotatable bonds is 6. The van der Waals surface area contributed by atoms with Gasteiger partial charge in [-0.05, 0) is 44.2 Å². The van der Waals surface area contributed by atoms with Gasteiger partial charge in [0.2, 0.25) is 0 Å². The van der Waals surface area contributed by atoms with Crippen molar-refractivity contribution in [2.45, 2.75) is 47.0 Å². The standard InChI is InChI=1S/C18H26N4O.HI/c1-5-14-8-7-9-15(6-2)17(14)21-18(19)20-11-10-16-12(3)22-23-13(16)4;/h7-9H,5-6,10-11H2,1-4H3,(H3,19,20,21);1H. The minimum atomic E-state index is 0. The summed E-state index contributed by atoms with van der Waals surface area (Å²) in [6.07, 6.45) is 2.70. The average molecular weight is 442 g/mol. The number of para-hydroxylation sites is 1. The summed E-state index contributed by atoms with van der Waals surface area (Å²) in [5.74, 6) is 1.31. The zero-order valence-electron chi connectivity index (χ0n) is 14.8. The molecule has 0 saturated heterocycles. The first-order valence-corrected chi connectivity index (χ1v) is 8.16. The number of halogens is 1. The maximum Gasteiger partial charge on any atom is 0.193 e. The lowest BCUT2D eigenvalue weighted by atomic mass is 10.0. The van der Waals surface area contributed by atoms with Gasteiger partial charge in [0.25, 0.3) is 0 Å². The summed E-state index contributed by atoms with van der Waals surface area (Å²) >= 11 is 0. The topological polar surface area (TPSA) is 76.4 Å². The number of guanidine groups is 1. The molecule has 0 atom stereocenters. The molecule has 0 saturated carbocycles. The van der Waals surface area contributed by atoms with E-state index in [1.165, 1.54) is 11.1 Å². The number of nitrogens with two attached hydrogens (primary N) is 1. The Labute approximate surface area is 161 Å². The molecule has 0 aliphatic rings. The number of aliphatic imine (C=N–C) groups is 1. The summed E-state index contributed by atoms with van der Waals surface area (Å²) in [7, 11) is 0. The smallest absolute Gasteiger partial charge is 0.193 e. The van der Waals surface area contributed by atoms with Crippen LogP contribution in [-0.4, -0.2) is 17.7 Å². The predicted molar refractivity (Wildman–Crippen MR) is 110 cm³/mol. The Kier molecular flexibility index (Phi) is 8.24. The van der Waals surface area contributed by atoms with Crippen molar-refractivity contribution < 1.29 is 4.52 Å². The SMILES string of the molecule is CCc1cccc(CC)c1NC(N)=NCCc1c(C)noc1C.I. The zero-order valence-corrected chi connectivity index (χ0v) is 17.2. The number of hydrogen-bond acceptors (Lipinski definition) is 3. The van der Waals surface area contributed by atoms with Gasteiger partial charge in [-0.3, -0.25) is 4.99 Å². The Morgan fingerprint density at radius 1 is 1.21 bits per heavy atom. The zero-order chi connectivity index (χ0) is 16.8. The quantitative estimate of drug-likeness (QED) is 0.403. The molecule has 0 aliphatic heterocycles. The fourth-order valence-electron chi connectivity index (χ4n) is 2.72. The Bertz CT molecular complexity index is 653. The summed E-state index contributed by atoms with van der Waals surface area (Å²) in [4.78, 5) is 4.44. The molecule has 0 radical (unpaired) electrons. The molecule has 24 heavy (non-hydrogen) atoms. The molecule has 1 aromatic heterocycles. The lowest BCUT2D eigenvalue weighted by Crippen LogP contribution is -2.24. The van der Waals surface area contributed by atoms with E-state index in [4.69, 9.17) is 10.3 Å². The molecule has 3 N–H and O–H groups in total. The number of nitrogens with zero attached hydrogens (tertiary/aromatic N) is 2. The lowest BCUT2D eigenvalue weighted by Gasteiger charge is -2.14. The van der Waals surface area contributed by atoms with Crippen molar-refractivity contribution in [3.05, 3.63) is 46.3 Å². The number of hydrogen-bond donors (Lipinski definition) is 2. The highest BCUT2D eigenvalue weighted by Gasteiger charge is 2.09. The molecule has 0 spiro atoms. The Balaban J connectivity index is 0.00000288. The first kappa shape index (κ1) is 20.5. The van der Waals surface area contributed by atoms with Crippen LogP contribution < -0.4 is 11.1 Å². The van der Waals surface area contributed by atoms with Crippen molar-refractivity contribution in [1.29, 1.82) is 0 Å². The molecule has 5 nitrogen and oxygen atoms in total. The molecule has 0 aliphatic carbocycles. The van der Waals surface area contributed by atoms with E-state index in [9.17, 15) is 0 Å². The van der Waals surface area contributed by atoms with Crippen LogP contribution in [0.2, 0.25) is 0 Å². The Hall–Kier alpha value is -1.57. The minimum Gasteiger partial charge on any atom is -0.370 e. The molecule has 132 valence electrons. The van der Waals surface area contributed by atoms with Crippen LogP contribution in [0.15, 0.2) is 27.7 Å². The number of aromatic nitrogens is 1. The van der Waals surface area contributed by atoms with E-state index >= 15 is 0 Å². The Morgan fingerprint density at radius 2 is 1.83 bits per heavy atom. The second kappa shape index (κ2) is 9.66. The average Bonchev–Trinajstić information content (AvgIpc) is 2.87. The van der Waals surface area contributed by atoms with Gasteiger partial charge in [-0.25, -0.2) is 0 Å². The van der Waals surface area contributed by atoms with Gasteiger partial charge in [0.15, 0.2) is 5.96 Å². The maximum atomic E-state index is 6.07. The number of anilines is 1. The van der Waals surface area contributed by atoms with Crippen LogP contribution >= 0.6 is 24.0 Å². The number of benzene rings is 1. The van der Waals surface area contributed by atoms with Crippen LogP contribution in [0.25, 0.3) is 0 Å². The third kappa shape index (κ3) is 4.96. The monoisotopic (exact) mass is 442 g/mol. The highest BCUT2D eigenvalue weighted by Crippen LogP contribution is 2.22. The van der Waals surface area contributed by atoms with E-state index in [-0.39, 0.29) is 24.0 Å². The molecule has 1 heterocycles. The van der Waals surface area contributed by atoms with Gasteiger partial charge < -0.3 is 15.6 Å². The summed E-state index contributed by atoms with van der Waals surface area (Å²) < 4.78 is 5.16. The van der Waals surface area contributed by atoms with Crippen molar-refractivity contribution in [2.75, 3.05) is 11.9 Å². The first-order chi connectivity index (χ1) is 11.1. The van der Waals surface area contributed by atoms with Crippen molar-refractivity contribution in [1.82, 2.24) is 5.16 Å². The van der Waals surface area contributed by atoms with Gasteiger partial charge in [-0.15, -0.1) is 24.0 Å². The third-order valence-corrected chi connectivity index (χ3v) is 4.08. The molecular weight excluding hydrogens is 415 g/mol. The van der Waals surface area contributed by atoms with Gasteiger partial charge in [0.05, 0.1) is 5.69 Å². The van der Waals surface area contributed by atoms with Crippen molar-refractivity contribution >= 4 is 35.6 Å². The van der Waals surface area contributed by atoms with Gasteiger partial charge in [0, 0.05) is 17.8 Å². The van der Waals surface area contributed by atoms with Gasteiger partial charge in [-0.2, -0.15) is 0 Å². The fraction of sp³-hybridized carbons (Fsp3) is 0.444. The van der Waals surface area contributed by atoms with Crippen LogP contribution in [0.3, 0.4) is 0 Å². The first-order valence-electron chi connectivity index (χ1n) is 8.16. The molecule has 1 aromatic carbocycles. The van der Waals surface area contributed by atoms with E-state index in [1.54, 1.807) is 0 Å². The molecule has 0 bridgehead atoms. The molecule has 6 heteroatoms. The van der Waals surface area contributed by atoms with Crippen molar-refractivity contribution in [3.8, 4) is 0 Å². The minimum absolute atomic E-state index is 0. The lowest BCUT2D eigenvalue weighted by molar-refractivity contribution is 0.392. The third-order valence-electron chi connectivity index (χ3n) is 4.08. The van der Waals surface area contributed by atoms with E-state index in [0.29, 0.717) is 12.5 Å². The maximum absolute atomic E-state index is 6.07. The second-order valence-electron chi connectivity index (χ2n) is 5.60. The van der Waals surface area contributed by atoms with Crippen molar-refractivity contribution in [2.24, 2.45) is 10.7 Å². The predicted octanol–water partition coefficient (Wildman–Crippen LogP) is 4.00. The van der Waals surface area contributed by atoms with Gasteiger partial charge in [0.1, 0.15) is 5.76 Å². The van der Waals surface area contributed by atoms with E-state index in [2.05, 4.69) is 47.5 Å². The van der Waals surface area contributed by atoms with Crippen LogP contribution in [0.4, 0.5) is 5.69 Å². The normalized spacial score (nSPS) is 11.2. The summed E-state index contributed by atoms with van der Waals surface area (Å²) in [5, 5.41) is 7.24. The molecule has 2 aromatic rings.